The molecular weight excluding hydrogens is 460 g/mol. The van der Waals surface area contributed by atoms with Gasteiger partial charge in [-0.2, -0.15) is 0 Å². The number of hydrogen-bond donors (Lipinski definition) is 0. The van der Waals surface area contributed by atoms with E-state index in [-0.39, 0.29) is 30.1 Å². The monoisotopic (exact) mass is 464 g/mol. The van der Waals surface area contributed by atoms with Crippen LogP contribution in [0, 0.1) is 20.2 Å². The molecule has 2 aromatic carbocycles. The predicted molar refractivity (Wildman–Crippen MR) is 87.0 cm³/mol. The molecule has 0 atom stereocenters. The molecule has 0 aliphatic rings. The molecule has 2 aromatic rings. The van der Waals surface area contributed by atoms with Crippen LogP contribution in [0.5, 0.6) is 0 Å². The molecule has 0 N–H and O–H groups in total. The first-order valence-corrected chi connectivity index (χ1v) is 8.84. The predicted octanol–water partition coefficient (Wildman–Crippen LogP) is 3.86. The van der Waals surface area contributed by atoms with E-state index in [4.69, 9.17) is 0 Å². The van der Waals surface area contributed by atoms with E-state index in [1.54, 1.807) is 0 Å². The van der Waals surface area contributed by atoms with E-state index in [2.05, 4.69) is 31.9 Å². The van der Waals surface area contributed by atoms with Gasteiger partial charge < -0.3 is 0 Å². The molecule has 0 fully saturated rings. The maximum absolute atomic E-state index is 12.6. The van der Waals surface area contributed by atoms with E-state index >= 15 is 0 Å². The number of benzene rings is 2. The van der Waals surface area contributed by atoms with Crippen LogP contribution in [0.3, 0.4) is 0 Å². The number of non-ortho nitro benzene ring substituents is 2. The third-order valence-electron chi connectivity index (χ3n) is 2.82. The van der Waals surface area contributed by atoms with Crippen LogP contribution in [0.4, 0.5) is 11.4 Å². The Bertz CT molecular complexity index is 889. The van der Waals surface area contributed by atoms with Crippen LogP contribution >= 0.6 is 31.9 Å². The van der Waals surface area contributed by atoms with Gasteiger partial charge >= 0.3 is 0 Å². The highest BCUT2D eigenvalue weighted by Gasteiger charge is 2.26. The van der Waals surface area contributed by atoms with Crippen molar-refractivity contribution in [3.8, 4) is 0 Å². The number of halogens is 2. The molecule has 0 aromatic heterocycles. The van der Waals surface area contributed by atoms with Gasteiger partial charge in [0.15, 0.2) is 0 Å². The lowest BCUT2D eigenvalue weighted by molar-refractivity contribution is -0.385. The lowest BCUT2D eigenvalue weighted by Gasteiger charge is -2.09. The van der Waals surface area contributed by atoms with Crippen LogP contribution < -0.4 is 0 Å². The van der Waals surface area contributed by atoms with Crippen LogP contribution in [0.2, 0.25) is 0 Å². The fourth-order valence-electron chi connectivity index (χ4n) is 1.77. The van der Waals surface area contributed by atoms with E-state index in [1.807, 2.05) is 0 Å². The molecule has 8 nitrogen and oxygen atoms in total. The molecule has 23 heavy (non-hydrogen) atoms. The molecule has 0 saturated carbocycles. The summed E-state index contributed by atoms with van der Waals surface area (Å²) in [5, 5.41) is 21.4. The van der Waals surface area contributed by atoms with E-state index < -0.39 is 19.7 Å². The molecule has 0 radical (unpaired) electrons. The maximum Gasteiger partial charge on any atom is 0.271 e. The zero-order valence-electron chi connectivity index (χ0n) is 11.0. The van der Waals surface area contributed by atoms with Crippen molar-refractivity contribution in [2.75, 3.05) is 0 Å². The van der Waals surface area contributed by atoms with Crippen LogP contribution in [-0.2, 0) is 9.84 Å². The molecule has 0 spiro atoms. The van der Waals surface area contributed by atoms with E-state index in [0.29, 0.717) is 0 Å². The Labute approximate surface area is 146 Å². The Kier molecular flexibility index (Phi) is 4.82. The van der Waals surface area contributed by atoms with E-state index in [1.165, 1.54) is 0 Å². The molecule has 2 rings (SSSR count). The van der Waals surface area contributed by atoms with Gasteiger partial charge in [-0.1, -0.05) is 0 Å². The third-order valence-corrected chi connectivity index (χ3v) is 6.47. The summed E-state index contributed by atoms with van der Waals surface area (Å²) in [6.45, 7) is 0. The summed E-state index contributed by atoms with van der Waals surface area (Å²) >= 11 is 6.03. The molecule has 0 saturated heterocycles. The van der Waals surface area contributed by atoms with Crippen LogP contribution in [0.15, 0.2) is 55.1 Å². The quantitative estimate of drug-likeness (QED) is 0.499. The van der Waals surface area contributed by atoms with Crippen molar-refractivity contribution in [2.24, 2.45) is 0 Å². The Morgan fingerprint density at radius 2 is 1.26 bits per heavy atom. The highest BCUT2D eigenvalue weighted by atomic mass is 79.9. The third kappa shape index (κ3) is 3.41. The van der Waals surface area contributed by atoms with Gasteiger partial charge in [-0.15, -0.1) is 0 Å². The Balaban J connectivity index is 2.60. The summed E-state index contributed by atoms with van der Waals surface area (Å²) in [6.07, 6.45) is 0. The van der Waals surface area contributed by atoms with Gasteiger partial charge in [0.2, 0.25) is 9.84 Å². The van der Waals surface area contributed by atoms with Crippen molar-refractivity contribution in [2.45, 2.75) is 9.79 Å². The fourth-order valence-corrected chi connectivity index (χ4v) is 5.58. The van der Waals surface area contributed by atoms with Crippen molar-refractivity contribution < 1.29 is 18.3 Å². The number of sulfone groups is 1. The number of hydrogen-bond acceptors (Lipinski definition) is 6. The lowest BCUT2D eigenvalue weighted by Crippen LogP contribution is -2.05. The second kappa shape index (κ2) is 6.34. The summed E-state index contributed by atoms with van der Waals surface area (Å²) in [6, 6.07) is 6.49. The van der Waals surface area contributed by atoms with Crippen molar-refractivity contribution in [3.63, 3.8) is 0 Å². The molecule has 120 valence electrons. The van der Waals surface area contributed by atoms with Crippen LogP contribution in [-0.4, -0.2) is 18.3 Å². The van der Waals surface area contributed by atoms with Gasteiger partial charge in [0.1, 0.15) is 4.90 Å². The van der Waals surface area contributed by atoms with Gasteiger partial charge in [0, 0.05) is 33.2 Å². The van der Waals surface area contributed by atoms with Gasteiger partial charge in [-0.05, 0) is 44.0 Å². The topological polar surface area (TPSA) is 120 Å². The first-order valence-electron chi connectivity index (χ1n) is 5.77. The zero-order valence-corrected chi connectivity index (χ0v) is 15.0. The summed E-state index contributed by atoms with van der Waals surface area (Å²) < 4.78 is 25.3. The average molecular weight is 466 g/mol. The van der Waals surface area contributed by atoms with Gasteiger partial charge in [-0.25, -0.2) is 8.42 Å². The van der Waals surface area contributed by atoms with Crippen molar-refractivity contribution in [1.29, 1.82) is 0 Å². The Morgan fingerprint density at radius 1 is 0.826 bits per heavy atom. The molecule has 11 heteroatoms. The summed E-state index contributed by atoms with van der Waals surface area (Å²) in [5.74, 6) is 0. The standard InChI is InChI=1S/C12H6Br2N2O6S/c13-10-5-8(16(19)20)6-11(14)12(10)23(21,22)9-3-1-7(2-4-9)15(17)18/h1-6H. The normalized spacial score (nSPS) is 11.2. The molecule has 0 heterocycles. The maximum atomic E-state index is 12.6. The summed E-state index contributed by atoms with van der Waals surface area (Å²) in [7, 11) is -4.02. The second-order valence-corrected chi connectivity index (χ2v) is 7.85. The van der Waals surface area contributed by atoms with Crippen molar-refractivity contribution in [1.82, 2.24) is 0 Å². The van der Waals surface area contributed by atoms with Crippen molar-refractivity contribution in [3.05, 3.63) is 65.6 Å². The SMILES string of the molecule is O=[N+]([O-])c1ccc(S(=O)(=O)c2c(Br)cc([N+](=O)[O-])cc2Br)cc1. The van der Waals surface area contributed by atoms with Gasteiger partial charge in [0.05, 0.1) is 14.7 Å². The Morgan fingerprint density at radius 3 is 1.65 bits per heavy atom. The minimum Gasteiger partial charge on any atom is -0.258 e. The molecular formula is C12H6Br2N2O6S. The summed E-state index contributed by atoms with van der Waals surface area (Å²) in [4.78, 5) is 19.7. The fraction of sp³-hybridized carbons (Fsp3) is 0. The molecule has 0 aliphatic heterocycles. The number of nitro benzene ring substituents is 2. The van der Waals surface area contributed by atoms with Gasteiger partial charge in [-0.3, -0.25) is 20.2 Å². The first kappa shape index (κ1) is 17.5. The largest absolute Gasteiger partial charge is 0.271 e. The summed E-state index contributed by atoms with van der Waals surface area (Å²) in [5.41, 5.74) is -0.530. The second-order valence-electron chi connectivity index (χ2n) is 4.25. The average Bonchev–Trinajstić information content (AvgIpc) is 2.46. The van der Waals surface area contributed by atoms with E-state index in [9.17, 15) is 28.6 Å². The molecule has 0 bridgehead atoms. The highest BCUT2D eigenvalue weighted by Crippen LogP contribution is 2.37. The highest BCUT2D eigenvalue weighted by molar-refractivity contribution is 9.11. The van der Waals surface area contributed by atoms with Crippen LogP contribution in [0.25, 0.3) is 0 Å². The lowest BCUT2D eigenvalue weighted by atomic mass is 10.3. The van der Waals surface area contributed by atoms with Gasteiger partial charge in [0.25, 0.3) is 11.4 Å². The Hall–Kier alpha value is -1.85. The molecule has 0 amide bonds. The minimum absolute atomic E-state index is 0.0110. The minimum atomic E-state index is -4.02. The van der Waals surface area contributed by atoms with E-state index in [0.717, 1.165) is 36.4 Å². The van der Waals surface area contributed by atoms with Crippen molar-refractivity contribution >= 4 is 53.1 Å². The molecule has 0 unspecified atom stereocenters. The first-order chi connectivity index (χ1) is 10.6. The number of nitrogens with zero attached hydrogens (tertiary/aromatic N) is 2. The van der Waals surface area contributed by atoms with Crippen LogP contribution in [0.1, 0.15) is 0 Å². The zero-order chi connectivity index (χ0) is 17.4. The number of rotatable bonds is 4. The molecule has 0 aliphatic carbocycles. The smallest absolute Gasteiger partial charge is 0.258 e. The number of nitro groups is 2.